The Kier molecular flexibility index (Phi) is 6.91. The topological polar surface area (TPSA) is 54.9 Å². The van der Waals surface area contributed by atoms with Crippen molar-refractivity contribution in [1.82, 2.24) is 10.2 Å². The van der Waals surface area contributed by atoms with Gasteiger partial charge in [0.05, 0.1) is 27.7 Å². The number of carbonyl (C=O) groups is 1. The third kappa shape index (κ3) is 5.77. The van der Waals surface area contributed by atoms with Gasteiger partial charge in [0.1, 0.15) is 5.03 Å². The van der Waals surface area contributed by atoms with E-state index >= 15 is 0 Å². The smallest absolute Gasteiger partial charge is 0.324 e. The standard InChI is InChI=1S/C22H19ClF3N3OS/c1-12-8-14(3)16(9-13(12)2)18-6-7-21(29-28-18)31-11-20(30)27-19-10-15(22(24,25)26)4-5-17(19)23/h4-10H,11H2,1-3H3,(H,27,30). The summed E-state index contributed by atoms with van der Waals surface area (Å²) in [4.78, 5) is 12.2. The molecule has 3 rings (SSSR count). The SMILES string of the molecule is Cc1cc(C)c(-c2ccc(SCC(=O)Nc3cc(C(F)(F)F)ccc3Cl)nn2)cc1C. The zero-order valence-electron chi connectivity index (χ0n) is 17.0. The van der Waals surface area contributed by atoms with E-state index in [1.54, 1.807) is 6.07 Å². The molecule has 162 valence electrons. The summed E-state index contributed by atoms with van der Waals surface area (Å²) >= 11 is 7.03. The minimum atomic E-state index is -4.52. The lowest BCUT2D eigenvalue weighted by Crippen LogP contribution is -2.15. The van der Waals surface area contributed by atoms with Crippen LogP contribution in [0.3, 0.4) is 0 Å². The maximum absolute atomic E-state index is 12.9. The molecule has 0 saturated carbocycles. The van der Waals surface area contributed by atoms with Crippen LogP contribution in [0.1, 0.15) is 22.3 Å². The molecule has 0 aliphatic carbocycles. The zero-order valence-corrected chi connectivity index (χ0v) is 18.5. The number of aryl methyl sites for hydroxylation is 3. The molecule has 0 aliphatic heterocycles. The van der Waals surface area contributed by atoms with Gasteiger partial charge in [-0.1, -0.05) is 29.4 Å². The molecule has 0 atom stereocenters. The normalized spacial score (nSPS) is 11.5. The highest BCUT2D eigenvalue weighted by Gasteiger charge is 2.31. The van der Waals surface area contributed by atoms with Gasteiger partial charge in [0.2, 0.25) is 5.91 Å². The number of hydrogen-bond acceptors (Lipinski definition) is 4. The number of nitrogens with zero attached hydrogens (tertiary/aromatic N) is 2. The van der Waals surface area contributed by atoms with Crippen LogP contribution in [0.25, 0.3) is 11.3 Å². The first-order valence-electron chi connectivity index (χ1n) is 9.26. The van der Waals surface area contributed by atoms with Crippen LogP contribution in [0.4, 0.5) is 18.9 Å². The van der Waals surface area contributed by atoms with Gasteiger partial charge in [-0.3, -0.25) is 4.79 Å². The zero-order chi connectivity index (χ0) is 22.8. The highest BCUT2D eigenvalue weighted by molar-refractivity contribution is 7.99. The Morgan fingerprint density at radius 2 is 1.71 bits per heavy atom. The molecular weight excluding hydrogens is 447 g/mol. The number of aromatic nitrogens is 2. The fourth-order valence-corrected chi connectivity index (χ4v) is 3.68. The third-order valence-corrected chi connectivity index (χ3v) is 5.93. The van der Waals surface area contributed by atoms with E-state index in [1.165, 1.54) is 5.56 Å². The van der Waals surface area contributed by atoms with Crippen LogP contribution >= 0.6 is 23.4 Å². The molecular formula is C22H19ClF3N3OS. The molecule has 1 aromatic heterocycles. The van der Waals surface area contributed by atoms with Gasteiger partial charge in [0.25, 0.3) is 0 Å². The predicted octanol–water partition coefficient (Wildman–Crippen LogP) is 6.47. The summed E-state index contributed by atoms with van der Waals surface area (Å²) in [5.74, 6) is -0.550. The van der Waals surface area contributed by atoms with E-state index < -0.39 is 17.6 Å². The average molecular weight is 466 g/mol. The van der Waals surface area contributed by atoms with Crippen LogP contribution in [0.5, 0.6) is 0 Å². The summed E-state index contributed by atoms with van der Waals surface area (Å²) in [5, 5.41) is 11.4. The maximum atomic E-state index is 12.9. The first-order valence-corrected chi connectivity index (χ1v) is 10.6. The van der Waals surface area contributed by atoms with E-state index in [0.717, 1.165) is 52.3 Å². The summed E-state index contributed by atoms with van der Waals surface area (Å²) in [7, 11) is 0. The van der Waals surface area contributed by atoms with Crippen molar-refractivity contribution < 1.29 is 18.0 Å². The lowest BCUT2D eigenvalue weighted by atomic mass is 9.99. The fraction of sp³-hybridized carbons (Fsp3) is 0.227. The largest absolute Gasteiger partial charge is 0.416 e. The van der Waals surface area contributed by atoms with Crippen molar-refractivity contribution in [3.05, 3.63) is 69.7 Å². The number of rotatable bonds is 5. The van der Waals surface area contributed by atoms with Crippen LogP contribution in [0.15, 0.2) is 47.5 Å². The van der Waals surface area contributed by atoms with Gasteiger partial charge in [-0.25, -0.2) is 0 Å². The molecule has 1 amide bonds. The van der Waals surface area contributed by atoms with Gasteiger partial charge < -0.3 is 5.32 Å². The number of alkyl halides is 3. The Balaban J connectivity index is 1.65. The first kappa shape index (κ1) is 23.1. The van der Waals surface area contributed by atoms with Crippen LogP contribution in [-0.4, -0.2) is 21.9 Å². The lowest BCUT2D eigenvalue weighted by molar-refractivity contribution is -0.137. The summed E-state index contributed by atoms with van der Waals surface area (Å²) < 4.78 is 38.6. The molecule has 2 aromatic carbocycles. The van der Waals surface area contributed by atoms with Crippen molar-refractivity contribution in [2.24, 2.45) is 0 Å². The van der Waals surface area contributed by atoms with E-state index in [-0.39, 0.29) is 16.5 Å². The monoisotopic (exact) mass is 465 g/mol. The van der Waals surface area contributed by atoms with Gasteiger partial charge in [-0.2, -0.15) is 13.2 Å². The number of halogens is 4. The Morgan fingerprint density at radius 3 is 2.35 bits per heavy atom. The second-order valence-corrected chi connectivity index (χ2v) is 8.44. The van der Waals surface area contributed by atoms with Gasteiger partial charge in [-0.15, -0.1) is 10.2 Å². The molecule has 3 aromatic rings. The Bertz CT molecular complexity index is 1120. The molecule has 1 N–H and O–H groups in total. The Morgan fingerprint density at radius 1 is 1.00 bits per heavy atom. The second kappa shape index (κ2) is 9.28. The van der Waals surface area contributed by atoms with Crippen molar-refractivity contribution in [3.63, 3.8) is 0 Å². The number of hydrogen-bond donors (Lipinski definition) is 1. The molecule has 0 saturated heterocycles. The quantitative estimate of drug-likeness (QED) is 0.438. The van der Waals surface area contributed by atoms with Gasteiger partial charge in [0, 0.05) is 5.56 Å². The van der Waals surface area contributed by atoms with Crippen LogP contribution in [0.2, 0.25) is 5.02 Å². The number of benzene rings is 2. The minimum Gasteiger partial charge on any atom is -0.324 e. The number of nitrogens with one attached hydrogen (secondary N) is 1. The molecule has 9 heteroatoms. The second-order valence-electron chi connectivity index (χ2n) is 7.04. The highest BCUT2D eigenvalue weighted by atomic mass is 35.5. The molecule has 0 aliphatic rings. The van der Waals surface area contributed by atoms with Crippen LogP contribution in [-0.2, 0) is 11.0 Å². The van der Waals surface area contributed by atoms with Crippen molar-refractivity contribution in [2.45, 2.75) is 32.0 Å². The molecule has 31 heavy (non-hydrogen) atoms. The summed E-state index contributed by atoms with van der Waals surface area (Å²) in [6.07, 6.45) is -4.52. The van der Waals surface area contributed by atoms with Crippen molar-refractivity contribution in [2.75, 3.05) is 11.1 Å². The van der Waals surface area contributed by atoms with Crippen molar-refractivity contribution in [3.8, 4) is 11.3 Å². The summed E-state index contributed by atoms with van der Waals surface area (Å²) in [6.45, 7) is 6.09. The number of anilines is 1. The molecule has 0 spiro atoms. The van der Waals surface area contributed by atoms with Gasteiger partial charge in [-0.05, 0) is 73.9 Å². The van der Waals surface area contributed by atoms with Crippen LogP contribution in [0, 0.1) is 20.8 Å². The maximum Gasteiger partial charge on any atom is 0.416 e. The summed E-state index contributed by atoms with van der Waals surface area (Å²) in [5.41, 5.74) is 4.19. The predicted molar refractivity (Wildman–Crippen MR) is 117 cm³/mol. The van der Waals surface area contributed by atoms with Crippen LogP contribution < -0.4 is 5.32 Å². The van der Waals surface area contributed by atoms with E-state index in [4.69, 9.17) is 11.6 Å². The van der Waals surface area contributed by atoms with E-state index in [1.807, 2.05) is 19.9 Å². The van der Waals surface area contributed by atoms with Gasteiger partial charge >= 0.3 is 6.18 Å². The van der Waals surface area contributed by atoms with E-state index in [9.17, 15) is 18.0 Å². The number of amides is 1. The van der Waals surface area contributed by atoms with Crippen molar-refractivity contribution in [1.29, 1.82) is 0 Å². The molecule has 0 radical (unpaired) electrons. The van der Waals surface area contributed by atoms with Crippen molar-refractivity contribution >= 4 is 35.0 Å². The molecule has 0 fully saturated rings. The Hall–Kier alpha value is -2.58. The highest BCUT2D eigenvalue weighted by Crippen LogP contribution is 2.34. The molecule has 1 heterocycles. The lowest BCUT2D eigenvalue weighted by Gasteiger charge is -2.11. The number of thioether (sulfide) groups is 1. The molecule has 0 unspecified atom stereocenters. The van der Waals surface area contributed by atoms with Gasteiger partial charge in [0.15, 0.2) is 0 Å². The van der Waals surface area contributed by atoms with E-state index in [0.29, 0.717) is 5.03 Å². The minimum absolute atomic E-state index is 0.0271. The molecule has 4 nitrogen and oxygen atoms in total. The Labute approximate surface area is 187 Å². The average Bonchev–Trinajstić information content (AvgIpc) is 2.70. The summed E-state index contributed by atoms with van der Waals surface area (Å²) in [6, 6.07) is 10.5. The number of carbonyl (C=O) groups excluding carboxylic acids is 1. The third-order valence-electron chi connectivity index (χ3n) is 4.68. The first-order chi connectivity index (χ1) is 14.5. The molecule has 0 bridgehead atoms. The van der Waals surface area contributed by atoms with E-state index in [2.05, 4.69) is 34.6 Å². The fourth-order valence-electron chi connectivity index (χ4n) is 2.90.